The molecule has 8 aromatic rings. The number of hydrogen-bond acceptors (Lipinski definition) is 6. The van der Waals surface area contributed by atoms with Gasteiger partial charge in [-0.05, 0) is 123 Å². The molecule has 2 saturated carbocycles. The molecule has 12 nitrogen and oxygen atoms in total. The maximum atomic E-state index is 13.3. The van der Waals surface area contributed by atoms with Crippen molar-refractivity contribution >= 4 is 23.2 Å². The zero-order valence-electron chi connectivity index (χ0n) is 36.5. The van der Waals surface area contributed by atoms with E-state index in [-0.39, 0.29) is 49.6 Å². The van der Waals surface area contributed by atoms with Gasteiger partial charge >= 0.3 is 23.7 Å². The lowest BCUT2D eigenvalue weighted by molar-refractivity contribution is -0.138. The fourth-order valence-electron chi connectivity index (χ4n) is 7.98. The number of nitrogens with zero attached hydrogens (tertiary/aromatic N) is 10. The molecule has 4 aromatic heterocycles. The van der Waals surface area contributed by atoms with E-state index in [4.69, 9.17) is 23.2 Å². The van der Waals surface area contributed by atoms with Gasteiger partial charge in [-0.15, -0.1) is 10.2 Å². The van der Waals surface area contributed by atoms with E-state index in [0.717, 1.165) is 66.8 Å². The van der Waals surface area contributed by atoms with Crippen LogP contribution in [0, 0.1) is 13.8 Å². The molecule has 4 heterocycles. The quantitative estimate of drug-likeness (QED) is 0.113. The predicted octanol–water partition coefficient (Wildman–Crippen LogP) is 10.6. The van der Waals surface area contributed by atoms with E-state index in [1.165, 1.54) is 21.5 Å². The van der Waals surface area contributed by atoms with E-state index in [1.54, 1.807) is 74.2 Å². The Kier molecular flexibility index (Phi) is 12.6. The van der Waals surface area contributed by atoms with Crippen LogP contribution in [0.4, 0.5) is 26.3 Å². The largest absolute Gasteiger partial charge is 0.416 e. The molecule has 0 radical (unpaired) electrons. The van der Waals surface area contributed by atoms with Gasteiger partial charge in [0.1, 0.15) is 0 Å². The van der Waals surface area contributed by atoms with E-state index >= 15 is 0 Å². The molecule has 0 unspecified atom stereocenters. The fourth-order valence-corrected chi connectivity index (χ4v) is 8.23. The van der Waals surface area contributed by atoms with Crippen LogP contribution in [0.25, 0.3) is 22.8 Å². The van der Waals surface area contributed by atoms with Crippen LogP contribution in [0.2, 0.25) is 10.0 Å². The summed E-state index contributed by atoms with van der Waals surface area (Å²) < 4.78 is 88.2. The Morgan fingerprint density at radius 2 is 1.01 bits per heavy atom. The van der Waals surface area contributed by atoms with Crippen molar-refractivity contribution in [2.75, 3.05) is 0 Å². The van der Waals surface area contributed by atoms with Crippen molar-refractivity contribution in [2.24, 2.45) is 0 Å². The Morgan fingerprint density at radius 3 is 1.47 bits per heavy atom. The summed E-state index contributed by atoms with van der Waals surface area (Å²) in [5, 5.41) is 10.4. The molecular weight excluding hydrogens is 933 g/mol. The van der Waals surface area contributed by atoms with Crippen LogP contribution in [0.5, 0.6) is 0 Å². The molecule has 0 spiro atoms. The third-order valence-electron chi connectivity index (χ3n) is 11.9. The lowest BCUT2D eigenvalue weighted by Gasteiger charge is -2.11. The van der Waals surface area contributed by atoms with Gasteiger partial charge in [0.25, 0.3) is 0 Å². The smallest absolute Gasteiger partial charge is 0.330 e. The van der Waals surface area contributed by atoms with Crippen molar-refractivity contribution < 1.29 is 26.3 Å². The van der Waals surface area contributed by atoms with E-state index in [2.05, 4.69) is 20.2 Å². The number of benzene rings is 4. The second-order valence-corrected chi connectivity index (χ2v) is 17.8. The Balaban J connectivity index is 0.000000170. The van der Waals surface area contributed by atoms with Crippen molar-refractivity contribution in [3.63, 3.8) is 0 Å². The van der Waals surface area contributed by atoms with Gasteiger partial charge in [0.15, 0.2) is 11.6 Å². The number of imidazole rings is 2. The van der Waals surface area contributed by atoms with Crippen LogP contribution >= 0.6 is 23.2 Å². The Bertz CT molecular complexity index is 3230. The summed E-state index contributed by atoms with van der Waals surface area (Å²) in [7, 11) is 0. The summed E-state index contributed by atoms with van der Waals surface area (Å²) in [5.74, 6) is 1.16. The van der Waals surface area contributed by atoms with Gasteiger partial charge in [0.2, 0.25) is 0 Å². The highest BCUT2D eigenvalue weighted by Crippen LogP contribution is 2.38. The second-order valence-electron chi connectivity index (χ2n) is 16.9. The average Bonchev–Trinajstić information content (AvgIpc) is 4.22. The maximum absolute atomic E-state index is 13.3. The first kappa shape index (κ1) is 46.5. The first-order chi connectivity index (χ1) is 32.4. The molecular formula is C48H42Cl2F6N10O2. The Labute approximate surface area is 394 Å². The lowest BCUT2D eigenvalue weighted by Crippen LogP contribution is -2.26. The number of aryl methyl sites for hydroxylation is 1. The van der Waals surface area contributed by atoms with Gasteiger partial charge in [-0.3, -0.25) is 9.13 Å². The molecule has 0 N–H and O–H groups in total. The van der Waals surface area contributed by atoms with E-state index < -0.39 is 23.5 Å². The zero-order chi connectivity index (χ0) is 48.1. The van der Waals surface area contributed by atoms with Crippen LogP contribution < -0.4 is 11.4 Å². The van der Waals surface area contributed by atoms with Gasteiger partial charge < -0.3 is 9.13 Å². The van der Waals surface area contributed by atoms with Crippen LogP contribution in [-0.2, 0) is 38.5 Å². The van der Waals surface area contributed by atoms with Gasteiger partial charge in [-0.1, -0.05) is 47.5 Å². The summed E-state index contributed by atoms with van der Waals surface area (Å²) in [6, 6.07) is 25.1. The molecule has 4 aromatic carbocycles. The molecule has 0 amide bonds. The van der Waals surface area contributed by atoms with Gasteiger partial charge in [0, 0.05) is 52.0 Å². The second kappa shape index (κ2) is 18.4. The predicted molar refractivity (Wildman–Crippen MR) is 244 cm³/mol. The number of halogens is 8. The lowest BCUT2D eigenvalue weighted by atomic mass is 10.1. The van der Waals surface area contributed by atoms with E-state index in [1.807, 2.05) is 31.2 Å². The van der Waals surface area contributed by atoms with E-state index in [9.17, 15) is 35.9 Å². The van der Waals surface area contributed by atoms with Gasteiger partial charge in [0.05, 0.1) is 54.0 Å². The summed E-state index contributed by atoms with van der Waals surface area (Å²) in [4.78, 5) is 35.2. The molecule has 0 saturated heterocycles. The first-order valence-corrected chi connectivity index (χ1v) is 22.4. The summed E-state index contributed by atoms with van der Waals surface area (Å²) in [6.07, 6.45) is -1.97. The topological polar surface area (TPSA) is 115 Å². The minimum Gasteiger partial charge on any atom is -0.330 e. The molecule has 0 atom stereocenters. The maximum Gasteiger partial charge on any atom is 0.416 e. The standard InChI is InChI=1S/2C24H21ClF3N5O/c1-15-21(29-14-31(15)12-16-3-2-4-18(11-16)24(26,27)28)13-32-23(34)33(20-9-10-20)22(30-32)17-5-7-19(25)8-6-17;1-15-21(31(14-29-15)12-16-3-2-4-18(11-16)24(26,27)28)13-32-23(34)33(20-9-10-20)22(30-32)17-5-7-19(25)8-6-17/h2*2-8,11,14,20H,9-10,12-13H2,1H3. The highest BCUT2D eigenvalue weighted by molar-refractivity contribution is 6.30. The highest BCUT2D eigenvalue weighted by Gasteiger charge is 2.34. The molecule has 2 aliphatic rings. The molecule has 2 aliphatic carbocycles. The van der Waals surface area contributed by atoms with Crippen molar-refractivity contribution in [1.29, 1.82) is 0 Å². The SMILES string of the molecule is Cc1c(Cn2nc(-c3ccc(Cl)cc3)n(C3CC3)c2=O)ncn1Cc1cccc(C(F)(F)F)c1.Cc1ncn(Cc2cccc(C(F)(F)F)c2)c1Cn1nc(-c2ccc(Cl)cc2)n(C2CC2)c1=O. The Morgan fingerprint density at radius 1 is 0.574 bits per heavy atom. The minimum absolute atomic E-state index is 0.114. The third kappa shape index (κ3) is 10.1. The summed E-state index contributed by atoms with van der Waals surface area (Å²) >= 11 is 12.0. The van der Waals surface area contributed by atoms with Crippen LogP contribution in [0.1, 0.15) is 82.8 Å². The first-order valence-electron chi connectivity index (χ1n) is 21.7. The zero-order valence-corrected chi connectivity index (χ0v) is 38.0. The monoisotopic (exact) mass is 974 g/mol. The number of rotatable bonds is 12. The van der Waals surface area contributed by atoms with E-state index in [0.29, 0.717) is 49.9 Å². The fraction of sp³-hybridized carbons (Fsp3) is 0.292. The summed E-state index contributed by atoms with van der Waals surface area (Å²) in [5.41, 5.74) is 3.59. The molecule has 2 fully saturated rings. The summed E-state index contributed by atoms with van der Waals surface area (Å²) in [6.45, 7) is 4.40. The number of hydrogen-bond donors (Lipinski definition) is 0. The average molecular weight is 976 g/mol. The van der Waals surface area contributed by atoms with Gasteiger partial charge in [-0.25, -0.2) is 28.9 Å². The number of alkyl halides is 6. The van der Waals surface area contributed by atoms with Crippen LogP contribution in [-0.4, -0.2) is 47.8 Å². The normalized spacial score (nSPS) is 14.0. The molecule has 10 rings (SSSR count). The van der Waals surface area contributed by atoms with Crippen molar-refractivity contribution in [2.45, 2.75) is 90.1 Å². The molecule has 0 aliphatic heterocycles. The van der Waals surface area contributed by atoms with Crippen molar-refractivity contribution in [1.82, 2.24) is 47.8 Å². The highest BCUT2D eigenvalue weighted by atomic mass is 35.5. The molecule has 20 heteroatoms. The number of aromatic nitrogens is 10. The van der Waals surface area contributed by atoms with Crippen LogP contribution in [0.3, 0.4) is 0 Å². The van der Waals surface area contributed by atoms with Crippen molar-refractivity contribution in [3.8, 4) is 22.8 Å². The molecule has 68 heavy (non-hydrogen) atoms. The Hall–Kier alpha value is -6.66. The third-order valence-corrected chi connectivity index (χ3v) is 12.4. The molecule has 0 bridgehead atoms. The van der Waals surface area contributed by atoms with Crippen molar-refractivity contribution in [3.05, 3.63) is 186 Å². The van der Waals surface area contributed by atoms with Crippen LogP contribution in [0.15, 0.2) is 119 Å². The van der Waals surface area contributed by atoms with Gasteiger partial charge in [-0.2, -0.15) is 26.3 Å². The minimum atomic E-state index is -4.41. The molecule has 352 valence electrons.